The summed E-state index contributed by atoms with van der Waals surface area (Å²) in [5.41, 5.74) is 0.557. The second-order valence-corrected chi connectivity index (χ2v) is 5.22. The van der Waals surface area contributed by atoms with Crippen LogP contribution in [0.3, 0.4) is 0 Å². The Bertz CT molecular complexity index is 440. The number of hydrogen-bond acceptors (Lipinski definition) is 4. The van der Waals surface area contributed by atoms with Gasteiger partial charge in [-0.2, -0.15) is 0 Å². The smallest absolute Gasteiger partial charge is 0.257 e. The Morgan fingerprint density at radius 2 is 2.32 bits per heavy atom. The van der Waals surface area contributed by atoms with E-state index in [1.165, 1.54) is 0 Å². The van der Waals surface area contributed by atoms with E-state index in [-0.39, 0.29) is 11.9 Å². The number of amides is 1. The van der Waals surface area contributed by atoms with Crippen LogP contribution in [0.4, 0.5) is 5.82 Å². The second-order valence-electron chi connectivity index (χ2n) is 4.30. The maximum absolute atomic E-state index is 12.5. The van der Waals surface area contributed by atoms with E-state index in [0.717, 1.165) is 4.47 Å². The molecule has 106 valence electrons. The van der Waals surface area contributed by atoms with Gasteiger partial charge in [-0.1, -0.05) is 0 Å². The Morgan fingerprint density at radius 3 is 2.89 bits per heavy atom. The fourth-order valence-corrected chi connectivity index (χ4v) is 1.99. The van der Waals surface area contributed by atoms with E-state index in [1.54, 1.807) is 31.3 Å². The molecule has 0 saturated carbocycles. The average molecular weight is 330 g/mol. The van der Waals surface area contributed by atoms with Gasteiger partial charge in [-0.3, -0.25) is 4.79 Å². The van der Waals surface area contributed by atoms with Gasteiger partial charge in [0.1, 0.15) is 5.82 Å². The molecule has 1 unspecified atom stereocenters. The summed E-state index contributed by atoms with van der Waals surface area (Å²) < 4.78 is 5.86. The summed E-state index contributed by atoms with van der Waals surface area (Å²) in [4.78, 5) is 18.4. The molecule has 1 N–H and O–H groups in total. The third kappa shape index (κ3) is 4.18. The van der Waals surface area contributed by atoms with Gasteiger partial charge in [-0.15, -0.1) is 0 Å². The zero-order valence-electron chi connectivity index (χ0n) is 11.7. The van der Waals surface area contributed by atoms with Crippen LogP contribution in [0.1, 0.15) is 24.2 Å². The normalized spacial score (nSPS) is 12.1. The molecule has 0 aliphatic carbocycles. The summed E-state index contributed by atoms with van der Waals surface area (Å²) in [5.74, 6) is 0.529. The van der Waals surface area contributed by atoms with Crippen LogP contribution >= 0.6 is 15.9 Å². The summed E-state index contributed by atoms with van der Waals surface area (Å²) in [6.45, 7) is 5.13. The highest BCUT2D eigenvalue weighted by atomic mass is 79.9. The predicted molar refractivity (Wildman–Crippen MR) is 79.5 cm³/mol. The van der Waals surface area contributed by atoms with Crippen molar-refractivity contribution in [2.45, 2.75) is 19.9 Å². The number of pyridine rings is 1. The van der Waals surface area contributed by atoms with Gasteiger partial charge < -0.3 is 15.0 Å². The molecule has 0 bridgehead atoms. The molecule has 19 heavy (non-hydrogen) atoms. The van der Waals surface area contributed by atoms with Crippen molar-refractivity contribution in [1.29, 1.82) is 0 Å². The highest BCUT2D eigenvalue weighted by Gasteiger charge is 2.21. The lowest BCUT2D eigenvalue weighted by atomic mass is 10.2. The van der Waals surface area contributed by atoms with E-state index in [1.807, 2.05) is 13.8 Å². The zero-order valence-corrected chi connectivity index (χ0v) is 13.3. The fourth-order valence-electron chi connectivity index (χ4n) is 1.65. The van der Waals surface area contributed by atoms with Crippen molar-refractivity contribution in [3.63, 3.8) is 0 Å². The molecule has 1 amide bonds. The number of likely N-dealkylation sites (N-methyl/N-ethyl adjacent to an activating group) is 1. The lowest BCUT2D eigenvalue weighted by Gasteiger charge is -2.25. The molecule has 0 spiro atoms. The largest absolute Gasteiger partial charge is 0.383 e. The van der Waals surface area contributed by atoms with Gasteiger partial charge in [0.25, 0.3) is 5.91 Å². The first-order chi connectivity index (χ1) is 9.01. The molecule has 0 saturated heterocycles. The number of aromatic nitrogens is 1. The molecule has 0 aliphatic heterocycles. The number of anilines is 1. The SMILES string of the molecule is CCNc1ncc(Br)cc1C(=O)N(C)C(C)COC. The molecule has 1 heterocycles. The van der Waals surface area contributed by atoms with Crippen molar-refractivity contribution in [1.82, 2.24) is 9.88 Å². The van der Waals surface area contributed by atoms with Crippen molar-refractivity contribution >= 4 is 27.7 Å². The minimum Gasteiger partial charge on any atom is -0.383 e. The number of nitrogens with zero attached hydrogens (tertiary/aromatic N) is 2. The summed E-state index contributed by atoms with van der Waals surface area (Å²) in [7, 11) is 3.39. The van der Waals surface area contributed by atoms with E-state index in [4.69, 9.17) is 4.74 Å². The number of ether oxygens (including phenoxy) is 1. The average Bonchev–Trinajstić information content (AvgIpc) is 2.39. The van der Waals surface area contributed by atoms with Crippen LogP contribution in [-0.2, 0) is 4.74 Å². The molecular formula is C13H20BrN3O2. The minimum absolute atomic E-state index is 0.00552. The van der Waals surface area contributed by atoms with Crippen LogP contribution in [-0.4, -0.2) is 49.1 Å². The van der Waals surface area contributed by atoms with E-state index >= 15 is 0 Å². The van der Waals surface area contributed by atoms with Crippen molar-refractivity contribution in [3.8, 4) is 0 Å². The first-order valence-electron chi connectivity index (χ1n) is 6.16. The van der Waals surface area contributed by atoms with Gasteiger partial charge in [0, 0.05) is 31.4 Å². The molecule has 5 nitrogen and oxygen atoms in total. The number of methoxy groups -OCH3 is 1. The number of carbonyl (C=O) groups excluding carboxylic acids is 1. The Hall–Kier alpha value is -1.14. The van der Waals surface area contributed by atoms with Crippen LogP contribution in [0.2, 0.25) is 0 Å². The molecule has 0 aromatic carbocycles. The Kier molecular flexibility index (Phi) is 6.24. The number of hydrogen-bond donors (Lipinski definition) is 1. The van der Waals surface area contributed by atoms with Crippen LogP contribution in [0.15, 0.2) is 16.7 Å². The zero-order chi connectivity index (χ0) is 14.4. The highest BCUT2D eigenvalue weighted by molar-refractivity contribution is 9.10. The van der Waals surface area contributed by atoms with Crippen molar-refractivity contribution in [2.75, 3.05) is 32.6 Å². The van der Waals surface area contributed by atoms with Crippen molar-refractivity contribution < 1.29 is 9.53 Å². The molecule has 1 aromatic heterocycles. The van der Waals surface area contributed by atoms with Gasteiger partial charge in [-0.05, 0) is 35.8 Å². The monoisotopic (exact) mass is 329 g/mol. The van der Waals surface area contributed by atoms with Crippen molar-refractivity contribution in [3.05, 3.63) is 22.3 Å². The first kappa shape index (κ1) is 15.9. The van der Waals surface area contributed by atoms with Gasteiger partial charge in [0.15, 0.2) is 0 Å². The van der Waals surface area contributed by atoms with Gasteiger partial charge in [0.05, 0.1) is 18.2 Å². The molecule has 0 aliphatic rings. The van der Waals surface area contributed by atoms with Crippen LogP contribution in [0.25, 0.3) is 0 Å². The topological polar surface area (TPSA) is 54.5 Å². The Balaban J connectivity index is 3.00. The van der Waals surface area contributed by atoms with E-state index < -0.39 is 0 Å². The number of halogens is 1. The number of carbonyl (C=O) groups is 1. The molecule has 0 radical (unpaired) electrons. The van der Waals surface area contributed by atoms with E-state index in [0.29, 0.717) is 24.5 Å². The minimum atomic E-state index is -0.0747. The van der Waals surface area contributed by atoms with Crippen LogP contribution in [0, 0.1) is 0 Å². The van der Waals surface area contributed by atoms with Gasteiger partial charge >= 0.3 is 0 Å². The Morgan fingerprint density at radius 1 is 1.63 bits per heavy atom. The first-order valence-corrected chi connectivity index (χ1v) is 6.96. The van der Waals surface area contributed by atoms with E-state index in [9.17, 15) is 4.79 Å². The summed E-state index contributed by atoms with van der Waals surface area (Å²) in [6.07, 6.45) is 1.67. The molecule has 1 atom stereocenters. The van der Waals surface area contributed by atoms with E-state index in [2.05, 4.69) is 26.2 Å². The predicted octanol–water partition coefficient (Wildman–Crippen LogP) is 2.38. The molecule has 6 heteroatoms. The molecular weight excluding hydrogens is 310 g/mol. The quantitative estimate of drug-likeness (QED) is 0.870. The highest BCUT2D eigenvalue weighted by Crippen LogP contribution is 2.20. The molecule has 1 aromatic rings. The maximum atomic E-state index is 12.5. The van der Waals surface area contributed by atoms with Crippen LogP contribution < -0.4 is 5.32 Å². The third-order valence-corrected chi connectivity index (χ3v) is 3.25. The molecule has 0 fully saturated rings. The lowest BCUT2D eigenvalue weighted by Crippen LogP contribution is -2.38. The van der Waals surface area contributed by atoms with Gasteiger partial charge in [-0.25, -0.2) is 4.98 Å². The maximum Gasteiger partial charge on any atom is 0.257 e. The Labute approximate surface area is 122 Å². The third-order valence-electron chi connectivity index (χ3n) is 2.82. The van der Waals surface area contributed by atoms with Crippen molar-refractivity contribution in [2.24, 2.45) is 0 Å². The van der Waals surface area contributed by atoms with Crippen LogP contribution in [0.5, 0.6) is 0 Å². The second kappa shape index (κ2) is 7.45. The lowest BCUT2D eigenvalue weighted by molar-refractivity contribution is 0.0634. The van der Waals surface area contributed by atoms with Gasteiger partial charge in [0.2, 0.25) is 0 Å². The number of nitrogens with one attached hydrogen (secondary N) is 1. The summed E-state index contributed by atoms with van der Waals surface area (Å²) in [5, 5.41) is 3.10. The summed E-state index contributed by atoms with van der Waals surface area (Å²) >= 11 is 3.35. The summed E-state index contributed by atoms with van der Waals surface area (Å²) in [6, 6.07) is 1.79. The number of rotatable bonds is 6. The molecule has 1 rings (SSSR count). The fraction of sp³-hybridized carbons (Fsp3) is 0.538. The standard InChI is InChI=1S/C13H20BrN3O2/c1-5-15-12-11(6-10(14)7-16-12)13(18)17(3)9(2)8-19-4/h6-7,9H,5,8H2,1-4H3,(H,15,16).